The van der Waals surface area contributed by atoms with Crippen LogP contribution in [0.5, 0.6) is 0 Å². The van der Waals surface area contributed by atoms with Crippen LogP contribution in [-0.4, -0.2) is 51.2 Å². The van der Waals surface area contributed by atoms with Gasteiger partial charge in [0.05, 0.1) is 30.4 Å². The largest absolute Gasteiger partial charge is 0.435 e. The maximum atomic E-state index is 6.59. The van der Waals surface area contributed by atoms with Gasteiger partial charge in [0.25, 0.3) is 0 Å². The van der Waals surface area contributed by atoms with E-state index in [4.69, 9.17) is 18.8 Å². The van der Waals surface area contributed by atoms with Gasteiger partial charge in [-0.05, 0) is 106 Å². The van der Waals surface area contributed by atoms with E-state index in [1.54, 1.807) is 0 Å². The first kappa shape index (κ1) is 37.6. The summed E-state index contributed by atoms with van der Waals surface area (Å²) in [5, 5.41) is 4.49. The van der Waals surface area contributed by atoms with Gasteiger partial charge in [0, 0.05) is 82.6 Å². The van der Waals surface area contributed by atoms with Crippen LogP contribution in [0.2, 0.25) is 0 Å². The summed E-state index contributed by atoms with van der Waals surface area (Å²) in [5.74, 6) is 0. The zero-order chi connectivity index (χ0) is 40.4. The van der Waals surface area contributed by atoms with E-state index in [0.717, 1.165) is 126 Å². The van der Waals surface area contributed by atoms with Gasteiger partial charge >= 0.3 is 0 Å². The molecular weight excluding hydrogens is 743 g/mol. The number of unbranched alkanes of at least 4 members (excludes halogenated alkanes) is 4. The number of anilines is 2. The average Bonchev–Trinajstić information content (AvgIpc) is 4.09. The summed E-state index contributed by atoms with van der Waals surface area (Å²) in [6.07, 6.45) is 19.8. The first-order valence-electron chi connectivity index (χ1n) is 21.5. The Kier molecular flexibility index (Phi) is 10.4. The van der Waals surface area contributed by atoms with Crippen LogP contribution in [0.1, 0.15) is 61.0 Å². The molecule has 0 fully saturated rings. The number of hydrogen-bond acceptors (Lipinski definition) is 9. The van der Waals surface area contributed by atoms with Crippen LogP contribution in [0.4, 0.5) is 11.4 Å². The van der Waals surface area contributed by atoms with Gasteiger partial charge < -0.3 is 28.4 Å². The van der Waals surface area contributed by atoms with Crippen molar-refractivity contribution in [3.63, 3.8) is 0 Å². The summed E-state index contributed by atoms with van der Waals surface area (Å²) >= 11 is 0. The van der Waals surface area contributed by atoms with Crippen LogP contribution in [0.3, 0.4) is 0 Å². The number of benzene rings is 3. The Morgan fingerprint density at radius 1 is 0.533 bits per heavy atom. The highest BCUT2D eigenvalue weighted by Crippen LogP contribution is 2.39. The van der Waals surface area contributed by atoms with E-state index in [2.05, 4.69) is 134 Å². The molecule has 0 atom stereocenters. The van der Waals surface area contributed by atoms with Crippen LogP contribution in [-0.2, 0) is 12.8 Å². The Bertz CT molecular complexity index is 2840. The van der Waals surface area contributed by atoms with Crippen molar-refractivity contribution in [3.05, 3.63) is 151 Å². The molecule has 3 aromatic carbocycles. The highest BCUT2D eigenvalue weighted by molar-refractivity contribution is 6.10. The molecule has 60 heavy (non-hydrogen) atoms. The van der Waals surface area contributed by atoms with Crippen molar-refractivity contribution >= 4 is 55.5 Å². The van der Waals surface area contributed by atoms with Gasteiger partial charge in [0.15, 0.2) is 11.2 Å². The summed E-state index contributed by atoms with van der Waals surface area (Å²) in [7, 11) is 0. The Labute approximate surface area is 351 Å². The molecule has 0 bridgehead atoms. The van der Waals surface area contributed by atoms with Crippen LogP contribution in [0.15, 0.2) is 137 Å². The molecule has 9 heteroatoms. The monoisotopic (exact) mass is 793 g/mol. The number of para-hydroxylation sites is 1. The van der Waals surface area contributed by atoms with Crippen LogP contribution >= 0.6 is 0 Å². The molecule has 2 aliphatic heterocycles. The van der Waals surface area contributed by atoms with Crippen molar-refractivity contribution < 1.29 is 8.83 Å². The maximum absolute atomic E-state index is 6.59. The SMILES string of the molecule is Cc1ccc2c(n1)oc1c(N3C=CN(CCCCN4C=CN(c5ccc(CCCCCCc6ccc(-c7ccccc7)nc6)c6c5oc5nc(C)ccc56)C4)C3)cccc12. The topological polar surface area (TPSA) is 77.9 Å². The molecule has 10 rings (SSSR count). The van der Waals surface area contributed by atoms with Crippen molar-refractivity contribution in [1.29, 1.82) is 0 Å². The number of aryl methyl sites for hydroxylation is 4. The third kappa shape index (κ3) is 7.68. The molecule has 2 aliphatic rings. The van der Waals surface area contributed by atoms with Crippen molar-refractivity contribution in [2.24, 2.45) is 0 Å². The summed E-state index contributed by atoms with van der Waals surface area (Å²) in [4.78, 5) is 23.5. The number of rotatable bonds is 15. The fourth-order valence-electron chi connectivity index (χ4n) is 8.84. The minimum absolute atomic E-state index is 0.700. The van der Waals surface area contributed by atoms with Crippen molar-refractivity contribution in [3.8, 4) is 11.3 Å². The lowest BCUT2D eigenvalue weighted by molar-refractivity contribution is 0.354. The first-order chi connectivity index (χ1) is 29.5. The molecule has 302 valence electrons. The van der Waals surface area contributed by atoms with Gasteiger partial charge in [0.2, 0.25) is 11.4 Å². The fraction of sp³-hybridized carbons (Fsp3) is 0.275. The van der Waals surface area contributed by atoms with E-state index in [-0.39, 0.29) is 0 Å². The summed E-state index contributed by atoms with van der Waals surface area (Å²) < 4.78 is 12.9. The summed E-state index contributed by atoms with van der Waals surface area (Å²) in [6.45, 7) is 7.63. The van der Waals surface area contributed by atoms with E-state index < -0.39 is 0 Å². The van der Waals surface area contributed by atoms with E-state index in [9.17, 15) is 0 Å². The van der Waals surface area contributed by atoms with E-state index >= 15 is 0 Å². The molecule has 0 N–H and O–H groups in total. The van der Waals surface area contributed by atoms with Crippen LogP contribution in [0, 0.1) is 13.8 Å². The smallest absolute Gasteiger partial charge is 0.227 e. The van der Waals surface area contributed by atoms with E-state index in [1.807, 2.05) is 32.2 Å². The molecule has 0 aliphatic carbocycles. The molecule has 9 nitrogen and oxygen atoms in total. The molecule has 0 saturated heterocycles. The fourth-order valence-corrected chi connectivity index (χ4v) is 8.84. The normalized spacial score (nSPS) is 14.1. The van der Waals surface area contributed by atoms with E-state index in [0.29, 0.717) is 5.71 Å². The second-order valence-corrected chi connectivity index (χ2v) is 16.4. The predicted octanol–water partition coefficient (Wildman–Crippen LogP) is 11.9. The Morgan fingerprint density at radius 3 is 1.92 bits per heavy atom. The second-order valence-electron chi connectivity index (χ2n) is 16.4. The van der Waals surface area contributed by atoms with Gasteiger partial charge in [-0.15, -0.1) is 0 Å². The number of pyridine rings is 3. The molecule has 0 saturated carbocycles. The lowest BCUT2D eigenvalue weighted by Crippen LogP contribution is -2.28. The van der Waals surface area contributed by atoms with Crippen LogP contribution < -0.4 is 9.80 Å². The quantitative estimate of drug-likeness (QED) is 0.0943. The predicted molar refractivity (Wildman–Crippen MR) is 244 cm³/mol. The van der Waals surface area contributed by atoms with Gasteiger partial charge in [0.1, 0.15) is 0 Å². The van der Waals surface area contributed by atoms with Crippen molar-refractivity contribution in [2.45, 2.75) is 65.2 Å². The molecule has 0 radical (unpaired) electrons. The maximum Gasteiger partial charge on any atom is 0.227 e. The lowest BCUT2D eigenvalue weighted by atomic mass is 9.99. The molecule has 0 spiro atoms. The molecular formula is C51H51N7O2. The molecule has 5 aromatic heterocycles. The molecule has 0 unspecified atom stereocenters. The van der Waals surface area contributed by atoms with Gasteiger partial charge in [-0.3, -0.25) is 4.98 Å². The standard InChI is InChI=1S/C51H51N7O2/c1-36-19-23-42-41-17-12-18-45(48(41)59-50(42)53-36)57-31-29-55(34-57)27-10-11-28-56-30-32-58(35-56)46-26-22-40(47-43-24-20-37(2)54-51(43)60-49(46)47)16-7-4-3-6-13-38-21-25-44(52-33-38)39-14-8-5-9-15-39/h5,8-9,12,14-15,17-26,29-33H,3-4,6-7,10-11,13,16,27-28,34-35H2,1-2H3. The number of aromatic nitrogens is 3. The third-order valence-electron chi connectivity index (χ3n) is 12.1. The Balaban J connectivity index is 0.718. The number of nitrogens with zero attached hydrogens (tertiary/aromatic N) is 7. The number of fused-ring (bicyclic) bond motifs is 6. The van der Waals surface area contributed by atoms with Gasteiger partial charge in [-0.1, -0.05) is 67.4 Å². The second kappa shape index (κ2) is 16.6. The van der Waals surface area contributed by atoms with Crippen molar-refractivity contribution in [1.82, 2.24) is 24.8 Å². The Hall–Kier alpha value is -6.61. The zero-order valence-corrected chi connectivity index (χ0v) is 34.6. The molecule has 8 aromatic rings. The van der Waals surface area contributed by atoms with Crippen molar-refractivity contribution in [2.75, 3.05) is 36.2 Å². The highest BCUT2D eigenvalue weighted by Gasteiger charge is 2.23. The number of furan rings is 2. The minimum atomic E-state index is 0.700. The molecule has 0 amide bonds. The summed E-state index contributed by atoms with van der Waals surface area (Å²) in [5.41, 5.74) is 12.2. The minimum Gasteiger partial charge on any atom is -0.435 e. The first-order valence-corrected chi connectivity index (χ1v) is 21.5. The third-order valence-corrected chi connectivity index (χ3v) is 12.1. The van der Waals surface area contributed by atoms with Gasteiger partial charge in [-0.25, -0.2) is 9.97 Å². The highest BCUT2D eigenvalue weighted by atomic mass is 16.3. The average molecular weight is 794 g/mol. The Morgan fingerprint density at radius 2 is 1.20 bits per heavy atom. The molecule has 7 heterocycles. The summed E-state index contributed by atoms with van der Waals surface area (Å²) in [6, 6.07) is 34.1. The van der Waals surface area contributed by atoms with Crippen LogP contribution in [0.25, 0.3) is 55.4 Å². The number of hydrogen-bond donors (Lipinski definition) is 0. The van der Waals surface area contributed by atoms with Gasteiger partial charge in [-0.2, -0.15) is 0 Å². The lowest BCUT2D eigenvalue weighted by Gasteiger charge is -2.23. The zero-order valence-electron chi connectivity index (χ0n) is 34.6. The van der Waals surface area contributed by atoms with E-state index in [1.165, 1.54) is 35.8 Å².